The molecule has 0 spiro atoms. The lowest BCUT2D eigenvalue weighted by molar-refractivity contribution is -0.166. The van der Waals surface area contributed by atoms with E-state index in [2.05, 4.69) is 4.74 Å². The molecule has 10 heavy (non-hydrogen) atoms. The SMILES string of the molecule is CCN1CCOC(=O)C1=O. The molecule has 0 unspecified atom stereocenters. The van der Waals surface area contributed by atoms with Gasteiger partial charge in [0.25, 0.3) is 0 Å². The van der Waals surface area contributed by atoms with Gasteiger partial charge in [-0.15, -0.1) is 0 Å². The van der Waals surface area contributed by atoms with Crippen LogP contribution in [0.15, 0.2) is 0 Å². The summed E-state index contributed by atoms with van der Waals surface area (Å²) in [7, 11) is 0. The Balaban J connectivity index is 2.60. The first-order valence-corrected chi connectivity index (χ1v) is 3.21. The summed E-state index contributed by atoms with van der Waals surface area (Å²) in [5, 5.41) is 0. The van der Waals surface area contributed by atoms with Gasteiger partial charge in [-0.1, -0.05) is 0 Å². The number of cyclic esters (lactones) is 1. The minimum absolute atomic E-state index is 0.332. The second kappa shape index (κ2) is 2.68. The van der Waals surface area contributed by atoms with Crippen LogP contribution in [0.4, 0.5) is 0 Å². The van der Waals surface area contributed by atoms with E-state index in [0.717, 1.165) is 0 Å². The van der Waals surface area contributed by atoms with Gasteiger partial charge in [0, 0.05) is 6.54 Å². The van der Waals surface area contributed by atoms with Crippen LogP contribution >= 0.6 is 0 Å². The van der Waals surface area contributed by atoms with Gasteiger partial charge in [0.05, 0.1) is 6.54 Å². The van der Waals surface area contributed by atoms with Crippen LogP contribution in [0.1, 0.15) is 6.92 Å². The van der Waals surface area contributed by atoms with Crippen molar-refractivity contribution in [2.75, 3.05) is 19.7 Å². The average molecular weight is 143 g/mol. The van der Waals surface area contributed by atoms with Crippen molar-refractivity contribution in [1.82, 2.24) is 4.90 Å². The standard InChI is InChI=1S/C6H9NO3/c1-2-7-3-4-10-6(9)5(7)8/h2-4H2,1H3. The molecule has 0 aromatic carbocycles. The number of hydrogen-bond acceptors (Lipinski definition) is 3. The first-order chi connectivity index (χ1) is 4.75. The van der Waals surface area contributed by atoms with E-state index in [4.69, 9.17) is 0 Å². The summed E-state index contributed by atoms with van der Waals surface area (Å²) in [4.78, 5) is 22.8. The van der Waals surface area contributed by atoms with Gasteiger partial charge in [0.2, 0.25) is 0 Å². The van der Waals surface area contributed by atoms with E-state index >= 15 is 0 Å². The van der Waals surface area contributed by atoms with Crippen LogP contribution < -0.4 is 0 Å². The number of rotatable bonds is 1. The molecule has 1 rings (SSSR count). The highest BCUT2D eigenvalue weighted by Gasteiger charge is 2.26. The van der Waals surface area contributed by atoms with Crippen LogP contribution in [0.3, 0.4) is 0 Å². The van der Waals surface area contributed by atoms with E-state index < -0.39 is 11.9 Å². The molecule has 0 aliphatic carbocycles. The summed E-state index contributed by atoms with van der Waals surface area (Å²) in [6, 6.07) is 0. The summed E-state index contributed by atoms with van der Waals surface area (Å²) in [6.07, 6.45) is 0. The molecule has 1 aliphatic rings. The van der Waals surface area contributed by atoms with Gasteiger partial charge in [-0.25, -0.2) is 4.79 Å². The Bertz CT molecular complexity index is 166. The second-order valence-electron chi connectivity index (χ2n) is 2.02. The van der Waals surface area contributed by atoms with E-state index in [9.17, 15) is 9.59 Å². The number of carbonyl (C=O) groups is 2. The molecule has 0 N–H and O–H groups in total. The largest absolute Gasteiger partial charge is 0.457 e. The maximum absolute atomic E-state index is 10.8. The Hall–Kier alpha value is -1.06. The predicted octanol–water partition coefficient (Wildman–Crippen LogP) is -0.608. The Morgan fingerprint density at radius 1 is 1.60 bits per heavy atom. The lowest BCUT2D eigenvalue weighted by Gasteiger charge is -2.23. The van der Waals surface area contributed by atoms with Crippen molar-refractivity contribution in [2.24, 2.45) is 0 Å². The van der Waals surface area contributed by atoms with Crippen LogP contribution in [-0.4, -0.2) is 36.5 Å². The van der Waals surface area contributed by atoms with Crippen LogP contribution in [0, 0.1) is 0 Å². The number of morpholine rings is 1. The number of amides is 1. The van der Waals surface area contributed by atoms with Gasteiger partial charge in [0.15, 0.2) is 0 Å². The molecule has 0 aromatic heterocycles. The summed E-state index contributed by atoms with van der Waals surface area (Å²) in [5.41, 5.74) is 0. The van der Waals surface area contributed by atoms with Crippen LogP contribution in [0.2, 0.25) is 0 Å². The van der Waals surface area contributed by atoms with Crippen molar-refractivity contribution in [1.29, 1.82) is 0 Å². The van der Waals surface area contributed by atoms with E-state index in [1.165, 1.54) is 4.90 Å². The van der Waals surface area contributed by atoms with Gasteiger partial charge in [-0.2, -0.15) is 0 Å². The fourth-order valence-corrected chi connectivity index (χ4v) is 0.843. The quantitative estimate of drug-likeness (QED) is 0.363. The van der Waals surface area contributed by atoms with Crippen molar-refractivity contribution >= 4 is 11.9 Å². The molecule has 0 aromatic rings. The molecule has 1 fully saturated rings. The van der Waals surface area contributed by atoms with Crippen molar-refractivity contribution < 1.29 is 14.3 Å². The normalized spacial score (nSPS) is 19.1. The number of nitrogens with zero attached hydrogens (tertiary/aromatic N) is 1. The Kier molecular flexibility index (Phi) is 1.89. The third kappa shape index (κ3) is 1.10. The molecule has 4 nitrogen and oxygen atoms in total. The topological polar surface area (TPSA) is 46.6 Å². The van der Waals surface area contributed by atoms with E-state index in [1.54, 1.807) is 0 Å². The minimum Gasteiger partial charge on any atom is -0.457 e. The molecule has 0 bridgehead atoms. The maximum Gasteiger partial charge on any atom is 0.397 e. The Labute approximate surface area is 58.8 Å². The molecule has 0 atom stereocenters. The molecular weight excluding hydrogens is 134 g/mol. The van der Waals surface area contributed by atoms with E-state index in [-0.39, 0.29) is 0 Å². The zero-order valence-corrected chi connectivity index (χ0v) is 5.79. The number of hydrogen-bond donors (Lipinski definition) is 0. The maximum atomic E-state index is 10.8. The molecule has 1 aliphatic heterocycles. The summed E-state index contributed by atoms with van der Waals surface area (Å²) >= 11 is 0. The minimum atomic E-state index is -0.729. The molecule has 0 radical (unpaired) electrons. The molecule has 1 heterocycles. The number of esters is 1. The lowest BCUT2D eigenvalue weighted by Crippen LogP contribution is -2.44. The highest BCUT2D eigenvalue weighted by atomic mass is 16.5. The van der Waals surface area contributed by atoms with E-state index in [1.807, 2.05) is 6.92 Å². The fourth-order valence-electron chi connectivity index (χ4n) is 0.843. The summed E-state index contributed by atoms with van der Waals surface area (Å²) in [6.45, 7) is 3.27. The van der Waals surface area contributed by atoms with Crippen molar-refractivity contribution in [3.05, 3.63) is 0 Å². The number of ether oxygens (including phenoxy) is 1. The van der Waals surface area contributed by atoms with Crippen LogP contribution in [-0.2, 0) is 14.3 Å². The number of likely N-dealkylation sites (N-methyl/N-ethyl adjacent to an activating group) is 1. The van der Waals surface area contributed by atoms with Gasteiger partial charge in [-0.05, 0) is 6.92 Å². The third-order valence-corrected chi connectivity index (χ3v) is 1.44. The van der Waals surface area contributed by atoms with Crippen molar-refractivity contribution in [2.45, 2.75) is 6.92 Å². The van der Waals surface area contributed by atoms with E-state index in [0.29, 0.717) is 19.7 Å². The Morgan fingerprint density at radius 2 is 2.30 bits per heavy atom. The zero-order chi connectivity index (χ0) is 7.56. The molecule has 0 saturated carbocycles. The third-order valence-electron chi connectivity index (χ3n) is 1.44. The fraction of sp³-hybridized carbons (Fsp3) is 0.667. The van der Waals surface area contributed by atoms with Gasteiger partial charge in [0.1, 0.15) is 6.61 Å². The number of carbonyl (C=O) groups excluding carboxylic acids is 2. The summed E-state index contributed by atoms with van der Waals surface area (Å²) in [5.74, 6) is -1.25. The highest BCUT2D eigenvalue weighted by molar-refractivity contribution is 6.32. The first-order valence-electron chi connectivity index (χ1n) is 3.21. The van der Waals surface area contributed by atoms with Crippen molar-refractivity contribution in [3.63, 3.8) is 0 Å². The van der Waals surface area contributed by atoms with Gasteiger partial charge in [-0.3, -0.25) is 4.79 Å². The van der Waals surface area contributed by atoms with Crippen LogP contribution in [0.25, 0.3) is 0 Å². The van der Waals surface area contributed by atoms with Gasteiger partial charge < -0.3 is 9.64 Å². The highest BCUT2D eigenvalue weighted by Crippen LogP contribution is 1.98. The smallest absolute Gasteiger partial charge is 0.397 e. The van der Waals surface area contributed by atoms with Crippen LogP contribution in [0.5, 0.6) is 0 Å². The second-order valence-corrected chi connectivity index (χ2v) is 2.02. The molecule has 4 heteroatoms. The molecule has 56 valence electrons. The van der Waals surface area contributed by atoms with Gasteiger partial charge >= 0.3 is 11.9 Å². The first kappa shape index (κ1) is 7.05. The lowest BCUT2D eigenvalue weighted by atomic mass is 10.4. The summed E-state index contributed by atoms with van der Waals surface area (Å²) < 4.78 is 4.49. The molecule has 1 amide bonds. The zero-order valence-electron chi connectivity index (χ0n) is 5.79. The Morgan fingerprint density at radius 3 is 2.80 bits per heavy atom. The average Bonchev–Trinajstić information content (AvgIpc) is 1.95. The molecular formula is C6H9NO3. The monoisotopic (exact) mass is 143 g/mol. The predicted molar refractivity (Wildman–Crippen MR) is 33.2 cm³/mol. The molecule has 1 saturated heterocycles. The van der Waals surface area contributed by atoms with Crippen molar-refractivity contribution in [3.8, 4) is 0 Å².